The third-order valence-electron chi connectivity index (χ3n) is 11.0. The van der Waals surface area contributed by atoms with E-state index in [2.05, 4.69) is 16.0 Å². The third-order valence-corrected chi connectivity index (χ3v) is 12.5. The summed E-state index contributed by atoms with van der Waals surface area (Å²) in [4.78, 5) is 82.4. The van der Waals surface area contributed by atoms with Crippen LogP contribution in [0.1, 0.15) is 81.2 Å². The molecular formula is C43H51N7O11S. The predicted octanol–water partition coefficient (Wildman–Crippen LogP) is 3.94. The quantitative estimate of drug-likeness (QED) is 0.0767. The van der Waals surface area contributed by atoms with Gasteiger partial charge in [-0.05, 0) is 74.9 Å². The Morgan fingerprint density at radius 2 is 1.77 bits per heavy atom. The summed E-state index contributed by atoms with van der Waals surface area (Å²) in [6.07, 6.45) is 1.05. The van der Waals surface area contributed by atoms with Gasteiger partial charge >= 0.3 is 18.2 Å². The zero-order valence-corrected chi connectivity index (χ0v) is 36.1. The van der Waals surface area contributed by atoms with Gasteiger partial charge in [-0.3, -0.25) is 14.4 Å². The van der Waals surface area contributed by atoms with Gasteiger partial charge in [0.2, 0.25) is 27.4 Å². The number of para-hydroxylation sites is 1. The molecule has 2 aromatic heterocycles. The molecular weight excluding hydrogens is 823 g/mol. The number of carbonyl (C=O) groups is 5. The Morgan fingerprint density at radius 3 is 2.44 bits per heavy atom. The van der Waals surface area contributed by atoms with E-state index in [0.29, 0.717) is 41.0 Å². The average molecular weight is 874 g/mol. The summed E-state index contributed by atoms with van der Waals surface area (Å²) in [5.74, 6) is -1.65. The predicted molar refractivity (Wildman–Crippen MR) is 228 cm³/mol. The standard InChI is InChI=1S/C43H51N7O11S/c1-6-36(51)47-34(13-10-19-45-41(44)55)38(52)46-27-16-14-26(15-17-27)23-60-42(56)61-43(7-2)32-21-35-37-30(22-49(35)39(53)31(32)24-59-40(43)54)28(29-11-8-9-12-33(29)48-37)18-20-50(25(3)4)62(5,57)58/h8-9,11-12,14-17,21,25,34H,6-7,10,13,18-20,22-24H2,1-5H3,(H,46,52)(H,47,51)(H3,44,45,55)/t34-,43-/m0/s1. The van der Waals surface area contributed by atoms with E-state index in [9.17, 15) is 37.2 Å². The Morgan fingerprint density at radius 1 is 1.05 bits per heavy atom. The first-order valence-electron chi connectivity index (χ1n) is 20.4. The molecule has 0 bridgehead atoms. The molecule has 4 aromatic rings. The van der Waals surface area contributed by atoms with Gasteiger partial charge in [-0.2, -0.15) is 4.31 Å². The molecule has 4 amide bonds. The third kappa shape index (κ3) is 9.58. The molecule has 2 aromatic carbocycles. The molecule has 5 N–H and O–H groups in total. The van der Waals surface area contributed by atoms with Gasteiger partial charge in [0.25, 0.3) is 5.56 Å². The number of fused-ring (bicyclic) bond motifs is 5. The number of cyclic esters (lactones) is 1. The zero-order chi connectivity index (χ0) is 44.9. The molecule has 0 aliphatic carbocycles. The maximum Gasteiger partial charge on any atom is 0.510 e. The minimum Gasteiger partial charge on any atom is -0.457 e. The zero-order valence-electron chi connectivity index (χ0n) is 35.2. The van der Waals surface area contributed by atoms with Crippen LogP contribution in [0.4, 0.5) is 15.3 Å². The van der Waals surface area contributed by atoms with Gasteiger partial charge in [-0.25, -0.2) is 27.8 Å². The van der Waals surface area contributed by atoms with E-state index in [-0.39, 0.29) is 75.2 Å². The van der Waals surface area contributed by atoms with E-state index >= 15 is 0 Å². The van der Waals surface area contributed by atoms with Gasteiger partial charge < -0.3 is 40.5 Å². The molecule has 2 atom stereocenters. The second-order valence-corrected chi connectivity index (χ2v) is 17.4. The number of anilines is 1. The maximum atomic E-state index is 14.3. The number of sulfonamides is 1. The van der Waals surface area contributed by atoms with E-state index < -0.39 is 51.3 Å². The van der Waals surface area contributed by atoms with E-state index in [1.54, 1.807) is 48.7 Å². The lowest BCUT2D eigenvalue weighted by molar-refractivity contribution is -0.175. The number of esters is 1. The first-order chi connectivity index (χ1) is 29.5. The van der Waals surface area contributed by atoms with Crippen LogP contribution >= 0.6 is 0 Å². The number of primary amides is 1. The Balaban J connectivity index is 1.20. The SMILES string of the molecule is CCC(=O)N[C@@H](CCCNC(N)=O)C(=O)Nc1ccc(COC(=O)O[C@]2(CC)C(=O)OCc3c2cc2n(c3=O)Cc3c-2nc2ccccc2c3CCN(C(C)C)S(C)(=O)=O)cc1. The molecule has 62 heavy (non-hydrogen) atoms. The van der Waals surface area contributed by atoms with E-state index in [1.165, 1.54) is 10.6 Å². The molecule has 2 aliphatic heterocycles. The summed E-state index contributed by atoms with van der Waals surface area (Å²) in [7, 11) is -3.51. The van der Waals surface area contributed by atoms with Gasteiger partial charge in [-0.1, -0.05) is 44.2 Å². The van der Waals surface area contributed by atoms with Gasteiger partial charge in [0, 0.05) is 47.8 Å². The molecule has 6 rings (SSSR count). The van der Waals surface area contributed by atoms with Crippen molar-refractivity contribution in [1.29, 1.82) is 0 Å². The number of hydrogen-bond donors (Lipinski definition) is 4. The molecule has 19 heteroatoms. The fraction of sp³-hybridized carbons (Fsp3) is 0.419. The number of nitrogens with one attached hydrogen (secondary N) is 3. The van der Waals surface area contributed by atoms with Crippen molar-refractivity contribution in [3.05, 3.63) is 92.8 Å². The maximum absolute atomic E-state index is 14.3. The lowest BCUT2D eigenvalue weighted by Gasteiger charge is -2.35. The van der Waals surface area contributed by atoms with Crippen molar-refractivity contribution in [2.45, 2.75) is 97.2 Å². The highest BCUT2D eigenvalue weighted by atomic mass is 32.2. The highest BCUT2D eigenvalue weighted by molar-refractivity contribution is 7.88. The summed E-state index contributed by atoms with van der Waals surface area (Å²) in [6.45, 7) is 6.87. The van der Waals surface area contributed by atoms with Crippen LogP contribution in [0, 0.1) is 0 Å². The number of carbonyl (C=O) groups excluding carboxylic acids is 5. The fourth-order valence-corrected chi connectivity index (χ4v) is 9.08. The van der Waals surface area contributed by atoms with Crippen molar-refractivity contribution >= 4 is 56.6 Å². The normalized spacial score (nSPS) is 15.9. The first-order valence-corrected chi connectivity index (χ1v) is 22.2. The highest BCUT2D eigenvalue weighted by Gasteiger charge is 2.51. The van der Waals surface area contributed by atoms with E-state index in [0.717, 1.165) is 16.5 Å². The van der Waals surface area contributed by atoms with Crippen molar-refractivity contribution in [2.24, 2.45) is 5.73 Å². The number of benzene rings is 2. The van der Waals surface area contributed by atoms with Crippen molar-refractivity contribution in [3.63, 3.8) is 0 Å². The Hall–Kier alpha value is -6.34. The largest absolute Gasteiger partial charge is 0.510 e. The Kier molecular flexibility index (Phi) is 13.7. The Labute approximate surface area is 358 Å². The van der Waals surface area contributed by atoms with E-state index in [4.69, 9.17) is 24.9 Å². The van der Waals surface area contributed by atoms with Crippen LogP contribution in [0.15, 0.2) is 59.4 Å². The van der Waals surface area contributed by atoms with Crippen LogP contribution in [0.3, 0.4) is 0 Å². The second-order valence-electron chi connectivity index (χ2n) is 15.5. The average Bonchev–Trinajstić information content (AvgIpc) is 3.60. The minimum absolute atomic E-state index is 0.0909. The van der Waals surface area contributed by atoms with Gasteiger partial charge in [0.15, 0.2) is 0 Å². The molecule has 330 valence electrons. The monoisotopic (exact) mass is 873 g/mol. The van der Waals surface area contributed by atoms with Crippen molar-refractivity contribution in [1.82, 2.24) is 24.5 Å². The molecule has 0 spiro atoms. The minimum atomic E-state index is -3.51. The van der Waals surface area contributed by atoms with Crippen molar-refractivity contribution in [2.75, 3.05) is 24.7 Å². The number of ether oxygens (including phenoxy) is 3. The lowest BCUT2D eigenvalue weighted by Crippen LogP contribution is -2.47. The molecule has 0 saturated carbocycles. The van der Waals surface area contributed by atoms with Crippen LogP contribution in [0.5, 0.6) is 0 Å². The summed E-state index contributed by atoms with van der Waals surface area (Å²) in [6, 6.07) is 13.6. The molecule has 18 nitrogen and oxygen atoms in total. The summed E-state index contributed by atoms with van der Waals surface area (Å²) < 4.78 is 45.0. The molecule has 4 heterocycles. The molecule has 0 radical (unpaired) electrons. The summed E-state index contributed by atoms with van der Waals surface area (Å²) in [5.41, 5.74) is 7.00. The number of pyridine rings is 2. The number of urea groups is 1. The number of hydrogen-bond acceptors (Lipinski definition) is 12. The number of rotatable bonds is 17. The van der Waals surface area contributed by atoms with Crippen molar-refractivity contribution in [3.8, 4) is 11.4 Å². The fourth-order valence-electron chi connectivity index (χ4n) is 7.90. The number of amides is 4. The second kappa shape index (κ2) is 18.7. The van der Waals surface area contributed by atoms with Crippen LogP contribution in [0.25, 0.3) is 22.3 Å². The lowest BCUT2D eigenvalue weighted by atomic mass is 9.85. The number of nitrogens with two attached hydrogens (primary N) is 1. The van der Waals surface area contributed by atoms with Gasteiger partial charge in [0.1, 0.15) is 19.3 Å². The molecule has 0 fully saturated rings. The number of nitrogens with zero attached hydrogens (tertiary/aromatic N) is 3. The van der Waals surface area contributed by atoms with Gasteiger partial charge in [0.05, 0.1) is 35.3 Å². The molecule has 2 aliphatic rings. The number of aromatic nitrogens is 2. The van der Waals surface area contributed by atoms with Crippen LogP contribution in [-0.2, 0) is 70.4 Å². The first kappa shape index (κ1) is 45.2. The summed E-state index contributed by atoms with van der Waals surface area (Å²) in [5, 5.41) is 8.70. The smallest absolute Gasteiger partial charge is 0.457 e. The summed E-state index contributed by atoms with van der Waals surface area (Å²) >= 11 is 0. The van der Waals surface area contributed by atoms with Crippen LogP contribution in [0.2, 0.25) is 0 Å². The molecule has 0 unspecified atom stereocenters. The topological polar surface area (TPSA) is 247 Å². The highest BCUT2D eigenvalue weighted by Crippen LogP contribution is 2.42. The Bertz CT molecular complexity index is 2580. The van der Waals surface area contributed by atoms with Crippen LogP contribution in [-0.4, -0.2) is 83.7 Å². The van der Waals surface area contributed by atoms with Crippen molar-refractivity contribution < 1.29 is 46.6 Å². The van der Waals surface area contributed by atoms with Gasteiger partial charge in [-0.15, -0.1) is 0 Å². The van der Waals surface area contributed by atoms with Crippen LogP contribution < -0.4 is 27.2 Å². The van der Waals surface area contributed by atoms with E-state index in [1.807, 2.05) is 38.1 Å². The molecule has 0 saturated heterocycles.